The molecular formula is C21H24N2O2. The molecule has 1 N–H and O–H groups in total. The van der Waals surface area contributed by atoms with Crippen molar-refractivity contribution in [3.63, 3.8) is 0 Å². The van der Waals surface area contributed by atoms with E-state index in [2.05, 4.69) is 25.2 Å². The van der Waals surface area contributed by atoms with E-state index in [1.54, 1.807) is 29.2 Å². The third-order valence-corrected chi connectivity index (χ3v) is 4.51. The molecule has 0 radical (unpaired) electrons. The molecule has 0 saturated heterocycles. The Morgan fingerprint density at radius 1 is 1.08 bits per heavy atom. The minimum atomic E-state index is -0.128. The van der Waals surface area contributed by atoms with Crippen molar-refractivity contribution in [2.24, 2.45) is 5.92 Å². The molecule has 0 saturated carbocycles. The second-order valence-electron chi connectivity index (χ2n) is 6.85. The lowest BCUT2D eigenvalue weighted by molar-refractivity contribution is 0.0952. The molecule has 0 atom stereocenters. The Kier molecular flexibility index (Phi) is 5.17. The summed E-state index contributed by atoms with van der Waals surface area (Å²) in [4.78, 5) is 27.0. The van der Waals surface area contributed by atoms with Crippen molar-refractivity contribution in [3.05, 3.63) is 65.2 Å². The van der Waals surface area contributed by atoms with Gasteiger partial charge in [-0.2, -0.15) is 0 Å². The normalized spacial score (nSPS) is 13.0. The van der Waals surface area contributed by atoms with Crippen LogP contribution in [0.1, 0.15) is 46.5 Å². The summed E-state index contributed by atoms with van der Waals surface area (Å²) in [6.07, 6.45) is 1.81. The highest BCUT2D eigenvalue weighted by Gasteiger charge is 2.25. The minimum Gasteiger partial charge on any atom is -0.352 e. The Labute approximate surface area is 148 Å². The van der Waals surface area contributed by atoms with Crippen molar-refractivity contribution in [1.82, 2.24) is 5.32 Å². The molecule has 0 aromatic heterocycles. The lowest BCUT2D eigenvalue weighted by atomic mass is 10.1. The monoisotopic (exact) mass is 336 g/mol. The molecule has 2 aromatic carbocycles. The molecule has 1 heterocycles. The number of amides is 2. The maximum absolute atomic E-state index is 12.9. The molecule has 3 rings (SSSR count). The number of carbonyl (C=O) groups excluding carboxylic acids is 2. The topological polar surface area (TPSA) is 49.4 Å². The van der Waals surface area contributed by atoms with Crippen LogP contribution in [0.25, 0.3) is 0 Å². The highest BCUT2D eigenvalue weighted by Crippen LogP contribution is 2.28. The predicted octanol–water partition coefficient (Wildman–Crippen LogP) is 3.67. The third kappa shape index (κ3) is 3.90. The van der Waals surface area contributed by atoms with Crippen LogP contribution >= 0.6 is 0 Å². The maximum atomic E-state index is 12.9. The van der Waals surface area contributed by atoms with Crippen molar-refractivity contribution < 1.29 is 9.59 Å². The zero-order valence-corrected chi connectivity index (χ0v) is 14.8. The van der Waals surface area contributed by atoms with E-state index >= 15 is 0 Å². The lowest BCUT2D eigenvalue weighted by Crippen LogP contribution is -2.29. The summed E-state index contributed by atoms with van der Waals surface area (Å²) in [5, 5.41) is 2.92. The van der Waals surface area contributed by atoms with Gasteiger partial charge in [0.2, 0.25) is 0 Å². The second-order valence-corrected chi connectivity index (χ2v) is 6.85. The van der Waals surface area contributed by atoms with Gasteiger partial charge in [-0.3, -0.25) is 9.59 Å². The van der Waals surface area contributed by atoms with Crippen LogP contribution in [0.2, 0.25) is 0 Å². The standard InChI is InChI=1S/C21H24N2O2/c1-15(2)10-12-22-20(24)17-7-5-8-18(14-17)21(25)23-13-11-16-6-3-4-9-19(16)23/h3-9,14-15H,10-13H2,1-2H3,(H,22,24). The highest BCUT2D eigenvalue weighted by molar-refractivity contribution is 6.08. The second kappa shape index (κ2) is 7.51. The van der Waals surface area contributed by atoms with Gasteiger partial charge in [-0.1, -0.05) is 38.1 Å². The molecule has 2 aromatic rings. The summed E-state index contributed by atoms with van der Waals surface area (Å²) in [5.41, 5.74) is 3.24. The van der Waals surface area contributed by atoms with Gasteiger partial charge < -0.3 is 10.2 Å². The van der Waals surface area contributed by atoms with Crippen LogP contribution in [0.4, 0.5) is 5.69 Å². The first-order valence-electron chi connectivity index (χ1n) is 8.84. The van der Waals surface area contributed by atoms with Crippen LogP contribution in [0.5, 0.6) is 0 Å². The molecule has 0 bridgehead atoms. The number of hydrogen-bond donors (Lipinski definition) is 1. The van der Waals surface area contributed by atoms with E-state index in [4.69, 9.17) is 0 Å². The van der Waals surface area contributed by atoms with Crippen LogP contribution < -0.4 is 10.2 Å². The van der Waals surface area contributed by atoms with Crippen molar-refractivity contribution in [1.29, 1.82) is 0 Å². The van der Waals surface area contributed by atoms with Crippen LogP contribution in [-0.4, -0.2) is 24.9 Å². The van der Waals surface area contributed by atoms with Gasteiger partial charge in [-0.15, -0.1) is 0 Å². The molecule has 0 spiro atoms. The largest absolute Gasteiger partial charge is 0.352 e. The first-order chi connectivity index (χ1) is 12.1. The Bertz CT molecular complexity index is 783. The van der Waals surface area contributed by atoms with Crippen LogP contribution in [0.3, 0.4) is 0 Å². The summed E-state index contributed by atoms with van der Waals surface area (Å²) in [5.74, 6) is 0.363. The molecule has 1 aliphatic rings. The van der Waals surface area contributed by atoms with Gasteiger partial charge in [0.25, 0.3) is 11.8 Å². The first kappa shape index (κ1) is 17.2. The lowest BCUT2D eigenvalue weighted by Gasteiger charge is -2.17. The summed E-state index contributed by atoms with van der Waals surface area (Å²) in [7, 11) is 0. The van der Waals surface area contributed by atoms with Gasteiger partial charge in [-0.05, 0) is 48.6 Å². The Morgan fingerprint density at radius 3 is 2.64 bits per heavy atom. The van der Waals surface area contributed by atoms with Gasteiger partial charge in [0.05, 0.1) is 0 Å². The van der Waals surface area contributed by atoms with Gasteiger partial charge in [0, 0.05) is 29.9 Å². The number of fused-ring (bicyclic) bond motifs is 1. The van der Waals surface area contributed by atoms with E-state index in [0.717, 1.165) is 18.5 Å². The Morgan fingerprint density at radius 2 is 1.84 bits per heavy atom. The number of carbonyl (C=O) groups is 2. The van der Waals surface area contributed by atoms with Gasteiger partial charge in [0.15, 0.2) is 0 Å². The molecule has 130 valence electrons. The van der Waals surface area contributed by atoms with Crippen LogP contribution in [0, 0.1) is 5.92 Å². The van der Waals surface area contributed by atoms with E-state index in [-0.39, 0.29) is 11.8 Å². The van der Waals surface area contributed by atoms with Crippen molar-refractivity contribution >= 4 is 17.5 Å². The summed E-state index contributed by atoms with van der Waals surface area (Å²) in [6.45, 7) is 5.58. The number of para-hydroxylation sites is 1. The predicted molar refractivity (Wildman–Crippen MR) is 100 cm³/mol. The number of hydrogen-bond acceptors (Lipinski definition) is 2. The number of benzene rings is 2. The Hall–Kier alpha value is -2.62. The van der Waals surface area contributed by atoms with E-state index in [1.165, 1.54) is 5.56 Å². The van der Waals surface area contributed by atoms with Crippen molar-refractivity contribution in [2.75, 3.05) is 18.0 Å². The number of nitrogens with zero attached hydrogens (tertiary/aromatic N) is 1. The summed E-state index contributed by atoms with van der Waals surface area (Å²) in [6, 6.07) is 15.0. The Balaban J connectivity index is 1.73. The molecule has 0 aliphatic carbocycles. The molecule has 0 unspecified atom stereocenters. The zero-order chi connectivity index (χ0) is 17.8. The van der Waals surface area contributed by atoms with Crippen molar-refractivity contribution in [3.8, 4) is 0 Å². The molecule has 25 heavy (non-hydrogen) atoms. The fourth-order valence-electron chi connectivity index (χ4n) is 3.07. The van der Waals surface area contributed by atoms with Crippen LogP contribution in [-0.2, 0) is 6.42 Å². The minimum absolute atomic E-state index is 0.0539. The molecule has 0 fully saturated rings. The first-order valence-corrected chi connectivity index (χ1v) is 8.84. The molecule has 4 heteroatoms. The fraction of sp³-hybridized carbons (Fsp3) is 0.333. The fourth-order valence-corrected chi connectivity index (χ4v) is 3.07. The number of nitrogens with one attached hydrogen (secondary N) is 1. The van der Waals surface area contributed by atoms with E-state index < -0.39 is 0 Å². The van der Waals surface area contributed by atoms with E-state index in [0.29, 0.717) is 30.1 Å². The van der Waals surface area contributed by atoms with Crippen molar-refractivity contribution in [2.45, 2.75) is 26.7 Å². The molecule has 4 nitrogen and oxygen atoms in total. The molecular weight excluding hydrogens is 312 g/mol. The van der Waals surface area contributed by atoms with Gasteiger partial charge in [-0.25, -0.2) is 0 Å². The average molecular weight is 336 g/mol. The molecule has 1 aliphatic heterocycles. The van der Waals surface area contributed by atoms with Gasteiger partial charge in [0.1, 0.15) is 0 Å². The van der Waals surface area contributed by atoms with Crippen LogP contribution in [0.15, 0.2) is 48.5 Å². The maximum Gasteiger partial charge on any atom is 0.258 e. The molecule has 2 amide bonds. The smallest absolute Gasteiger partial charge is 0.258 e. The third-order valence-electron chi connectivity index (χ3n) is 4.51. The average Bonchev–Trinajstić information content (AvgIpc) is 3.05. The quantitative estimate of drug-likeness (QED) is 0.906. The van der Waals surface area contributed by atoms with E-state index in [9.17, 15) is 9.59 Å². The zero-order valence-electron chi connectivity index (χ0n) is 14.8. The van der Waals surface area contributed by atoms with Gasteiger partial charge >= 0.3 is 0 Å². The summed E-state index contributed by atoms with van der Waals surface area (Å²) < 4.78 is 0. The van der Waals surface area contributed by atoms with E-state index in [1.807, 2.05) is 18.2 Å². The summed E-state index contributed by atoms with van der Waals surface area (Å²) >= 11 is 0. The number of rotatable bonds is 5. The number of anilines is 1. The SMILES string of the molecule is CC(C)CCNC(=O)c1cccc(C(=O)N2CCc3ccccc32)c1. The highest BCUT2D eigenvalue weighted by atomic mass is 16.2.